The van der Waals surface area contributed by atoms with Gasteiger partial charge in [-0.15, -0.1) is 11.7 Å². The summed E-state index contributed by atoms with van der Waals surface area (Å²) >= 11 is 10.9. The van der Waals surface area contributed by atoms with Crippen molar-refractivity contribution in [2.24, 2.45) is 5.10 Å². The molecule has 0 bridgehead atoms. The second-order valence-corrected chi connectivity index (χ2v) is 8.29. The SMILES string of the molecule is C=CCn1c(-c2ccc(Cl)cc2)c(C)sc1=NNC(=O)c1ccc(Br)cc1. The monoisotopic (exact) mass is 461 g/mol. The standard InChI is InChI=1S/C20H17BrClN3OS/c1-3-12-25-18(14-6-10-17(22)11-7-14)13(2)27-20(25)24-23-19(26)15-4-8-16(21)9-5-15/h3-11H,1,12H2,2H3,(H,23,26). The summed E-state index contributed by atoms with van der Waals surface area (Å²) in [7, 11) is 0. The lowest BCUT2D eigenvalue weighted by Gasteiger charge is -2.08. The molecule has 4 nitrogen and oxygen atoms in total. The van der Waals surface area contributed by atoms with Gasteiger partial charge in [0.25, 0.3) is 5.91 Å². The van der Waals surface area contributed by atoms with Crippen LogP contribution in [0.5, 0.6) is 0 Å². The molecule has 0 aliphatic heterocycles. The number of carbonyl (C=O) groups excluding carboxylic acids is 1. The van der Waals surface area contributed by atoms with Gasteiger partial charge in [0.1, 0.15) is 0 Å². The van der Waals surface area contributed by atoms with E-state index in [2.05, 4.69) is 33.0 Å². The van der Waals surface area contributed by atoms with Crippen LogP contribution in [0.1, 0.15) is 15.2 Å². The highest BCUT2D eigenvalue weighted by molar-refractivity contribution is 9.10. The number of hydrogen-bond acceptors (Lipinski definition) is 3. The molecule has 2 aromatic carbocycles. The van der Waals surface area contributed by atoms with E-state index in [-0.39, 0.29) is 5.91 Å². The third-order valence-corrected chi connectivity index (χ3v) is 5.64. The van der Waals surface area contributed by atoms with Gasteiger partial charge in [-0.2, -0.15) is 0 Å². The Kier molecular flexibility index (Phi) is 6.31. The normalized spacial score (nSPS) is 11.4. The first-order valence-electron chi connectivity index (χ1n) is 8.16. The molecular weight excluding hydrogens is 446 g/mol. The molecule has 7 heteroatoms. The van der Waals surface area contributed by atoms with Crippen molar-refractivity contribution in [1.82, 2.24) is 9.99 Å². The molecule has 0 spiro atoms. The maximum Gasteiger partial charge on any atom is 0.271 e. The highest BCUT2D eigenvalue weighted by Crippen LogP contribution is 2.26. The number of benzene rings is 2. The second kappa shape index (κ2) is 8.69. The number of allylic oxidation sites excluding steroid dienone is 1. The Bertz CT molecular complexity index is 1040. The van der Waals surface area contributed by atoms with Crippen molar-refractivity contribution in [2.75, 3.05) is 0 Å². The summed E-state index contributed by atoms with van der Waals surface area (Å²) in [4.78, 5) is 14.1. The van der Waals surface area contributed by atoms with Gasteiger partial charge < -0.3 is 4.57 Å². The maximum atomic E-state index is 12.3. The summed E-state index contributed by atoms with van der Waals surface area (Å²) in [5.74, 6) is -0.258. The van der Waals surface area contributed by atoms with Gasteiger partial charge in [-0.3, -0.25) is 4.79 Å². The number of aryl methyl sites for hydroxylation is 1. The number of carbonyl (C=O) groups is 1. The minimum atomic E-state index is -0.258. The van der Waals surface area contributed by atoms with Crippen molar-refractivity contribution < 1.29 is 4.79 Å². The number of rotatable bonds is 5. The van der Waals surface area contributed by atoms with Gasteiger partial charge in [-0.1, -0.05) is 57.1 Å². The van der Waals surface area contributed by atoms with Gasteiger partial charge in [0.2, 0.25) is 4.80 Å². The summed E-state index contributed by atoms with van der Waals surface area (Å²) in [6, 6.07) is 14.8. The molecule has 0 atom stereocenters. The maximum absolute atomic E-state index is 12.3. The molecule has 3 aromatic rings. The van der Waals surface area contributed by atoms with Gasteiger partial charge in [0, 0.05) is 26.5 Å². The third-order valence-electron chi connectivity index (χ3n) is 3.87. The van der Waals surface area contributed by atoms with E-state index in [1.54, 1.807) is 18.2 Å². The number of aromatic nitrogens is 1. The number of amides is 1. The molecule has 0 saturated carbocycles. The van der Waals surface area contributed by atoms with Crippen molar-refractivity contribution in [3.05, 3.63) is 85.9 Å². The molecule has 1 aromatic heterocycles. The Balaban J connectivity index is 1.97. The van der Waals surface area contributed by atoms with Gasteiger partial charge in [-0.05, 0) is 48.9 Å². The van der Waals surface area contributed by atoms with Gasteiger partial charge in [0.05, 0.1) is 5.69 Å². The topological polar surface area (TPSA) is 46.4 Å². The summed E-state index contributed by atoms with van der Waals surface area (Å²) in [6.45, 7) is 6.45. The van der Waals surface area contributed by atoms with E-state index in [0.29, 0.717) is 21.9 Å². The quantitative estimate of drug-likeness (QED) is 0.402. The first kappa shape index (κ1) is 19.6. The average Bonchev–Trinajstić information content (AvgIpc) is 2.97. The van der Waals surface area contributed by atoms with Crippen LogP contribution in [0.2, 0.25) is 5.02 Å². The summed E-state index contributed by atoms with van der Waals surface area (Å²) in [6.07, 6.45) is 1.81. The van der Waals surface area contributed by atoms with Crippen molar-refractivity contribution in [3.63, 3.8) is 0 Å². The van der Waals surface area contributed by atoms with Crippen molar-refractivity contribution in [3.8, 4) is 11.3 Å². The van der Waals surface area contributed by atoms with E-state index in [1.807, 2.05) is 47.9 Å². The molecular formula is C20H17BrClN3OS. The lowest BCUT2D eigenvalue weighted by molar-refractivity contribution is 0.0953. The highest BCUT2D eigenvalue weighted by atomic mass is 79.9. The van der Waals surface area contributed by atoms with Crippen molar-refractivity contribution in [2.45, 2.75) is 13.5 Å². The van der Waals surface area contributed by atoms with Crippen molar-refractivity contribution in [1.29, 1.82) is 0 Å². The fourth-order valence-electron chi connectivity index (χ4n) is 2.64. The van der Waals surface area contributed by atoms with Crippen LogP contribution in [-0.2, 0) is 6.54 Å². The Morgan fingerprint density at radius 2 is 1.93 bits per heavy atom. The van der Waals surface area contributed by atoms with E-state index in [9.17, 15) is 4.79 Å². The molecule has 0 aliphatic carbocycles. The van der Waals surface area contributed by atoms with Crippen LogP contribution >= 0.6 is 38.9 Å². The van der Waals surface area contributed by atoms with Crippen LogP contribution in [0, 0.1) is 6.92 Å². The molecule has 0 aliphatic rings. The number of thiazole rings is 1. The first-order chi connectivity index (χ1) is 13.0. The fourth-order valence-corrected chi connectivity index (χ4v) is 4.00. The second-order valence-electron chi connectivity index (χ2n) is 5.76. The first-order valence-corrected chi connectivity index (χ1v) is 10.1. The lowest BCUT2D eigenvalue weighted by atomic mass is 10.1. The molecule has 0 fully saturated rings. The molecule has 138 valence electrons. The molecule has 0 unspecified atom stereocenters. The summed E-state index contributed by atoms with van der Waals surface area (Å²) in [5, 5.41) is 5.03. The highest BCUT2D eigenvalue weighted by Gasteiger charge is 2.12. The van der Waals surface area contributed by atoms with Crippen LogP contribution in [0.15, 0.2) is 70.8 Å². The Morgan fingerprint density at radius 3 is 2.56 bits per heavy atom. The third kappa shape index (κ3) is 4.58. The van der Waals surface area contributed by atoms with Crippen LogP contribution in [-0.4, -0.2) is 10.5 Å². The van der Waals surface area contributed by atoms with E-state index in [4.69, 9.17) is 11.6 Å². The Labute approximate surface area is 174 Å². The molecule has 1 N–H and O–H groups in total. The number of halogens is 2. The van der Waals surface area contributed by atoms with Crippen molar-refractivity contribution >= 4 is 44.8 Å². The molecule has 1 heterocycles. The van der Waals surface area contributed by atoms with E-state index < -0.39 is 0 Å². The van der Waals surface area contributed by atoms with Gasteiger partial charge >= 0.3 is 0 Å². The molecule has 3 rings (SSSR count). The van der Waals surface area contributed by atoms with Gasteiger partial charge in [-0.25, -0.2) is 5.43 Å². The molecule has 1 amide bonds. The zero-order valence-electron chi connectivity index (χ0n) is 14.6. The Hall–Kier alpha value is -2.15. The zero-order valence-corrected chi connectivity index (χ0v) is 17.7. The molecule has 0 saturated heterocycles. The van der Waals surface area contributed by atoms with Crippen LogP contribution in [0.25, 0.3) is 11.3 Å². The smallest absolute Gasteiger partial charge is 0.271 e. The van der Waals surface area contributed by atoms with Gasteiger partial charge in [0.15, 0.2) is 0 Å². The minimum Gasteiger partial charge on any atom is -0.311 e. The van der Waals surface area contributed by atoms with E-state index in [0.717, 1.165) is 20.6 Å². The molecule has 0 radical (unpaired) electrons. The number of nitrogens with zero attached hydrogens (tertiary/aromatic N) is 2. The lowest BCUT2D eigenvalue weighted by Crippen LogP contribution is -2.24. The van der Waals surface area contributed by atoms with Crippen LogP contribution in [0.3, 0.4) is 0 Å². The number of nitrogens with one attached hydrogen (secondary N) is 1. The van der Waals surface area contributed by atoms with E-state index in [1.165, 1.54) is 11.3 Å². The predicted octanol–water partition coefficient (Wildman–Crippen LogP) is 5.37. The average molecular weight is 463 g/mol. The summed E-state index contributed by atoms with van der Waals surface area (Å²) < 4.78 is 2.94. The van der Waals surface area contributed by atoms with Crippen LogP contribution in [0.4, 0.5) is 0 Å². The fraction of sp³-hybridized carbons (Fsp3) is 0.100. The Morgan fingerprint density at radius 1 is 1.26 bits per heavy atom. The zero-order chi connectivity index (χ0) is 19.4. The van der Waals surface area contributed by atoms with Crippen LogP contribution < -0.4 is 10.2 Å². The predicted molar refractivity (Wildman–Crippen MR) is 115 cm³/mol. The van der Waals surface area contributed by atoms with E-state index >= 15 is 0 Å². The summed E-state index contributed by atoms with van der Waals surface area (Å²) in [5.41, 5.74) is 5.26. The largest absolute Gasteiger partial charge is 0.311 e. The minimum absolute atomic E-state index is 0.258. The molecule has 27 heavy (non-hydrogen) atoms. The number of hydrogen-bond donors (Lipinski definition) is 1.